The van der Waals surface area contributed by atoms with Crippen LogP contribution >= 0.6 is 0 Å². The van der Waals surface area contributed by atoms with E-state index in [2.05, 4.69) is 10.5 Å². The van der Waals surface area contributed by atoms with Crippen LogP contribution in [-0.2, 0) is 0 Å². The molecule has 6 nitrogen and oxygen atoms in total. The number of rotatable bonds is 7. The second kappa shape index (κ2) is 9.10. The third-order valence-electron chi connectivity index (χ3n) is 4.24. The van der Waals surface area contributed by atoms with Crippen molar-refractivity contribution in [2.75, 3.05) is 14.2 Å². The maximum absolute atomic E-state index is 12.6. The summed E-state index contributed by atoms with van der Waals surface area (Å²) in [5.41, 5.74) is 3.74. The van der Waals surface area contributed by atoms with Crippen molar-refractivity contribution in [1.82, 2.24) is 5.43 Å². The Kier molecular flexibility index (Phi) is 6.34. The molecule has 3 aromatic carbocycles. The highest BCUT2D eigenvalue weighted by atomic mass is 16.5. The number of carbonyl (C=O) groups excluding carboxylic acids is 1. The van der Waals surface area contributed by atoms with Gasteiger partial charge < -0.3 is 14.2 Å². The van der Waals surface area contributed by atoms with E-state index in [1.807, 2.05) is 56.3 Å². The first kappa shape index (κ1) is 20.2. The Balaban J connectivity index is 1.77. The minimum Gasteiger partial charge on any atom is -0.496 e. The van der Waals surface area contributed by atoms with Crippen LogP contribution in [0, 0.1) is 0 Å². The third-order valence-corrected chi connectivity index (χ3v) is 4.24. The minimum absolute atomic E-state index is 0.0413. The van der Waals surface area contributed by atoms with Gasteiger partial charge in [-0.1, -0.05) is 24.3 Å². The Bertz CT molecular complexity index is 1040. The normalized spacial score (nSPS) is 11.1. The molecule has 1 amide bonds. The second-order valence-corrected chi connectivity index (χ2v) is 6.68. The van der Waals surface area contributed by atoms with Gasteiger partial charge >= 0.3 is 0 Å². The van der Waals surface area contributed by atoms with Gasteiger partial charge in [0.15, 0.2) is 11.5 Å². The van der Waals surface area contributed by atoms with E-state index in [0.29, 0.717) is 22.8 Å². The summed E-state index contributed by atoms with van der Waals surface area (Å²) in [5.74, 6) is 1.40. The van der Waals surface area contributed by atoms with Gasteiger partial charge in [-0.15, -0.1) is 0 Å². The number of nitrogens with zero attached hydrogens (tertiary/aromatic N) is 1. The molecular weight excluding hydrogens is 368 g/mol. The van der Waals surface area contributed by atoms with Crippen molar-refractivity contribution in [2.24, 2.45) is 5.10 Å². The number of nitrogens with one attached hydrogen (secondary N) is 1. The Morgan fingerprint density at radius 3 is 2.28 bits per heavy atom. The minimum atomic E-state index is -0.351. The van der Waals surface area contributed by atoms with Crippen molar-refractivity contribution in [1.29, 1.82) is 0 Å². The van der Waals surface area contributed by atoms with E-state index in [4.69, 9.17) is 14.2 Å². The first-order chi connectivity index (χ1) is 14.0. The number of amides is 1. The molecule has 0 fully saturated rings. The summed E-state index contributed by atoms with van der Waals surface area (Å²) in [6.45, 7) is 3.90. The Labute approximate surface area is 170 Å². The molecule has 0 spiro atoms. The molecule has 0 aliphatic carbocycles. The summed E-state index contributed by atoms with van der Waals surface area (Å²) in [4.78, 5) is 12.6. The number of benzene rings is 3. The van der Waals surface area contributed by atoms with Crippen LogP contribution in [0.3, 0.4) is 0 Å². The predicted molar refractivity (Wildman–Crippen MR) is 114 cm³/mol. The van der Waals surface area contributed by atoms with Crippen molar-refractivity contribution in [3.63, 3.8) is 0 Å². The van der Waals surface area contributed by atoms with Crippen LogP contribution in [0.2, 0.25) is 0 Å². The zero-order valence-corrected chi connectivity index (χ0v) is 16.9. The molecule has 0 aliphatic heterocycles. The number of ether oxygens (including phenoxy) is 3. The SMILES string of the molecule is COc1cc(C=NNC(=O)c2cc3ccccc3cc2OC)ccc1OC(C)C. The van der Waals surface area contributed by atoms with Gasteiger partial charge in [0.05, 0.1) is 32.1 Å². The number of hydrogen-bond acceptors (Lipinski definition) is 5. The van der Waals surface area contributed by atoms with Crippen LogP contribution in [0.5, 0.6) is 17.2 Å². The maximum Gasteiger partial charge on any atom is 0.275 e. The average molecular weight is 392 g/mol. The molecule has 0 radical (unpaired) electrons. The molecule has 1 N–H and O–H groups in total. The monoisotopic (exact) mass is 392 g/mol. The first-order valence-electron chi connectivity index (χ1n) is 9.26. The summed E-state index contributed by atoms with van der Waals surface area (Å²) in [6, 6.07) is 16.9. The van der Waals surface area contributed by atoms with Crippen molar-refractivity contribution < 1.29 is 19.0 Å². The van der Waals surface area contributed by atoms with Gasteiger partial charge in [0.1, 0.15) is 5.75 Å². The highest BCUT2D eigenvalue weighted by molar-refractivity contribution is 6.02. The van der Waals surface area contributed by atoms with Crippen LogP contribution in [0.4, 0.5) is 0 Å². The maximum atomic E-state index is 12.6. The fraction of sp³-hybridized carbons (Fsp3) is 0.217. The summed E-state index contributed by atoms with van der Waals surface area (Å²) in [6.07, 6.45) is 1.59. The van der Waals surface area contributed by atoms with Crippen LogP contribution in [0.25, 0.3) is 10.8 Å². The summed E-state index contributed by atoms with van der Waals surface area (Å²) in [7, 11) is 3.12. The summed E-state index contributed by atoms with van der Waals surface area (Å²) >= 11 is 0. The van der Waals surface area contributed by atoms with Gasteiger partial charge in [-0.05, 0) is 60.5 Å². The lowest BCUT2D eigenvalue weighted by Gasteiger charge is -2.13. The molecule has 0 aromatic heterocycles. The van der Waals surface area contributed by atoms with Crippen molar-refractivity contribution in [3.8, 4) is 17.2 Å². The summed E-state index contributed by atoms with van der Waals surface area (Å²) in [5, 5.41) is 6.01. The molecule has 0 aliphatic rings. The topological polar surface area (TPSA) is 69.2 Å². The first-order valence-corrected chi connectivity index (χ1v) is 9.26. The fourth-order valence-corrected chi connectivity index (χ4v) is 2.91. The molecule has 0 saturated carbocycles. The van der Waals surface area contributed by atoms with Crippen molar-refractivity contribution in [3.05, 3.63) is 65.7 Å². The molecule has 150 valence electrons. The zero-order valence-electron chi connectivity index (χ0n) is 16.9. The number of hydrazone groups is 1. The Hall–Kier alpha value is -3.54. The molecular formula is C23H24N2O4. The van der Waals surface area contributed by atoms with Crippen LogP contribution < -0.4 is 19.6 Å². The van der Waals surface area contributed by atoms with Crippen LogP contribution in [-0.4, -0.2) is 32.4 Å². The highest BCUT2D eigenvalue weighted by Crippen LogP contribution is 2.28. The van der Waals surface area contributed by atoms with Gasteiger partial charge in [-0.3, -0.25) is 4.79 Å². The molecule has 0 heterocycles. The number of hydrogen-bond donors (Lipinski definition) is 1. The Morgan fingerprint density at radius 2 is 1.62 bits per heavy atom. The molecule has 3 aromatic rings. The summed E-state index contributed by atoms with van der Waals surface area (Å²) < 4.78 is 16.4. The smallest absolute Gasteiger partial charge is 0.275 e. The molecule has 0 bridgehead atoms. The number of carbonyl (C=O) groups is 1. The molecule has 0 atom stereocenters. The quantitative estimate of drug-likeness (QED) is 0.478. The van der Waals surface area contributed by atoms with Gasteiger partial charge in [0.2, 0.25) is 0 Å². The van der Waals surface area contributed by atoms with E-state index in [9.17, 15) is 4.79 Å². The number of fused-ring (bicyclic) bond motifs is 1. The van der Waals surface area contributed by atoms with Gasteiger partial charge in [-0.2, -0.15) is 5.10 Å². The molecule has 0 unspecified atom stereocenters. The van der Waals surface area contributed by atoms with E-state index in [0.717, 1.165) is 16.3 Å². The van der Waals surface area contributed by atoms with Crippen molar-refractivity contribution in [2.45, 2.75) is 20.0 Å². The van der Waals surface area contributed by atoms with Gasteiger partial charge in [0, 0.05) is 0 Å². The van der Waals surface area contributed by atoms with Gasteiger partial charge in [0.25, 0.3) is 5.91 Å². The molecule has 0 saturated heterocycles. The van der Waals surface area contributed by atoms with E-state index in [-0.39, 0.29) is 12.0 Å². The zero-order chi connectivity index (χ0) is 20.8. The van der Waals surface area contributed by atoms with E-state index < -0.39 is 0 Å². The van der Waals surface area contributed by atoms with E-state index in [1.54, 1.807) is 25.5 Å². The third kappa shape index (κ3) is 4.85. The van der Waals surface area contributed by atoms with Crippen LogP contribution in [0.15, 0.2) is 59.7 Å². The van der Waals surface area contributed by atoms with E-state index in [1.165, 1.54) is 7.11 Å². The standard InChI is InChI=1S/C23H24N2O4/c1-15(2)29-20-10-9-16(11-22(20)28-4)14-24-25-23(26)19-12-17-7-5-6-8-18(17)13-21(19)27-3/h5-15H,1-4H3,(H,25,26). The molecule has 6 heteroatoms. The fourth-order valence-electron chi connectivity index (χ4n) is 2.91. The largest absolute Gasteiger partial charge is 0.496 e. The predicted octanol–water partition coefficient (Wildman–Crippen LogP) is 4.41. The number of methoxy groups -OCH3 is 2. The van der Waals surface area contributed by atoms with Gasteiger partial charge in [-0.25, -0.2) is 5.43 Å². The second-order valence-electron chi connectivity index (χ2n) is 6.68. The Morgan fingerprint density at radius 1 is 0.931 bits per heavy atom. The lowest BCUT2D eigenvalue weighted by Crippen LogP contribution is -2.18. The highest BCUT2D eigenvalue weighted by Gasteiger charge is 2.13. The lowest BCUT2D eigenvalue weighted by atomic mass is 10.1. The van der Waals surface area contributed by atoms with E-state index >= 15 is 0 Å². The lowest BCUT2D eigenvalue weighted by molar-refractivity contribution is 0.0952. The molecule has 29 heavy (non-hydrogen) atoms. The average Bonchev–Trinajstić information content (AvgIpc) is 2.73. The molecule has 3 rings (SSSR count). The van der Waals surface area contributed by atoms with Crippen LogP contribution in [0.1, 0.15) is 29.8 Å². The van der Waals surface area contributed by atoms with Crippen molar-refractivity contribution >= 4 is 22.9 Å².